The fraction of sp³-hybridized carbons (Fsp3) is 0.190. The maximum atomic E-state index is 13.1. The van der Waals surface area contributed by atoms with Crippen molar-refractivity contribution in [2.75, 3.05) is 10.0 Å². The van der Waals surface area contributed by atoms with Crippen LogP contribution in [0.1, 0.15) is 33.6 Å². The predicted octanol–water partition coefficient (Wildman–Crippen LogP) is 5.33. The molecule has 2 N–H and O–H groups in total. The summed E-state index contributed by atoms with van der Waals surface area (Å²) in [4.78, 5) is 14.3. The van der Waals surface area contributed by atoms with Crippen molar-refractivity contribution in [1.29, 1.82) is 0 Å². The second-order valence-electron chi connectivity index (χ2n) is 6.79. The molecule has 0 fully saturated rings. The number of carbonyl (C=O) groups excluding carboxylic acids is 1. The number of rotatable bonds is 5. The number of sulfonamides is 1. The lowest BCUT2D eigenvalue weighted by atomic mass is 9.95. The fourth-order valence-corrected chi connectivity index (χ4v) is 6.12. The zero-order valence-electron chi connectivity index (χ0n) is 15.4. The van der Waals surface area contributed by atoms with Crippen LogP contribution in [0.4, 0.5) is 10.7 Å². The molecule has 0 unspecified atom stereocenters. The molecule has 1 heterocycles. The van der Waals surface area contributed by atoms with E-state index in [9.17, 15) is 13.2 Å². The molecule has 0 aliphatic heterocycles. The molecule has 0 saturated heterocycles. The molecule has 0 bridgehead atoms. The van der Waals surface area contributed by atoms with Gasteiger partial charge in [0.1, 0.15) is 5.00 Å². The molecule has 8 heteroatoms. The Bertz CT molecular complexity index is 1140. The molecule has 150 valence electrons. The Labute approximate surface area is 178 Å². The molecule has 4 rings (SSSR count). The quantitative estimate of drug-likeness (QED) is 0.555. The van der Waals surface area contributed by atoms with Crippen molar-refractivity contribution < 1.29 is 13.2 Å². The summed E-state index contributed by atoms with van der Waals surface area (Å²) in [7, 11) is -3.78. The standard InChI is InChI=1S/C21H19ClN2O3S2/c22-14-10-12-15(13-11-14)23-20(25)19-17-8-4-5-9-18(17)28-21(19)24-29(26,27)16-6-2-1-3-7-16/h1-3,6-7,10-13,24H,4-5,8-9H2,(H,23,25). The van der Waals surface area contributed by atoms with Gasteiger partial charge in [-0.25, -0.2) is 8.42 Å². The number of anilines is 2. The van der Waals surface area contributed by atoms with Crippen molar-refractivity contribution in [3.63, 3.8) is 0 Å². The third-order valence-electron chi connectivity index (χ3n) is 4.78. The van der Waals surface area contributed by atoms with Crippen LogP contribution in [-0.2, 0) is 22.9 Å². The molecule has 5 nitrogen and oxygen atoms in total. The molecule has 0 spiro atoms. The average molecular weight is 447 g/mol. The number of hydrogen-bond acceptors (Lipinski definition) is 4. The summed E-state index contributed by atoms with van der Waals surface area (Å²) in [6, 6.07) is 15.0. The van der Waals surface area contributed by atoms with Gasteiger partial charge in [0.25, 0.3) is 15.9 Å². The third-order valence-corrected chi connectivity index (χ3v) is 7.74. The van der Waals surface area contributed by atoms with E-state index >= 15 is 0 Å². The first-order valence-electron chi connectivity index (χ1n) is 9.23. The van der Waals surface area contributed by atoms with E-state index in [0.29, 0.717) is 21.3 Å². The predicted molar refractivity (Wildman–Crippen MR) is 118 cm³/mol. The molecule has 1 aliphatic rings. The van der Waals surface area contributed by atoms with Gasteiger partial charge in [0.05, 0.1) is 10.5 Å². The van der Waals surface area contributed by atoms with Crippen LogP contribution in [0, 0.1) is 0 Å². The maximum absolute atomic E-state index is 13.1. The van der Waals surface area contributed by atoms with E-state index in [1.807, 2.05) is 0 Å². The van der Waals surface area contributed by atoms with Crippen LogP contribution in [0.15, 0.2) is 59.5 Å². The summed E-state index contributed by atoms with van der Waals surface area (Å²) in [6.45, 7) is 0. The van der Waals surface area contributed by atoms with Gasteiger partial charge in [0.15, 0.2) is 0 Å². The summed E-state index contributed by atoms with van der Waals surface area (Å²) < 4.78 is 28.3. The normalized spacial score (nSPS) is 13.6. The van der Waals surface area contributed by atoms with Crippen molar-refractivity contribution >= 4 is 49.6 Å². The number of hydrogen-bond donors (Lipinski definition) is 2. The second-order valence-corrected chi connectivity index (χ2v) is 10.0. The molecule has 1 aliphatic carbocycles. The Kier molecular flexibility index (Phi) is 5.63. The Morgan fingerprint density at radius 2 is 1.66 bits per heavy atom. The van der Waals surface area contributed by atoms with Crippen LogP contribution in [0.25, 0.3) is 0 Å². The SMILES string of the molecule is O=C(Nc1ccc(Cl)cc1)c1c(NS(=O)(=O)c2ccccc2)sc2c1CCCC2. The lowest BCUT2D eigenvalue weighted by molar-refractivity contribution is 0.102. The van der Waals surface area contributed by atoms with E-state index < -0.39 is 10.0 Å². The third kappa shape index (κ3) is 4.32. The lowest BCUT2D eigenvalue weighted by Gasteiger charge is -2.13. The molecule has 0 saturated carbocycles. The number of thiophene rings is 1. The average Bonchev–Trinajstić information content (AvgIpc) is 3.07. The molecule has 0 radical (unpaired) electrons. The Morgan fingerprint density at radius 1 is 0.966 bits per heavy atom. The number of fused-ring (bicyclic) bond motifs is 1. The van der Waals surface area contributed by atoms with Gasteiger partial charge in [-0.3, -0.25) is 9.52 Å². The van der Waals surface area contributed by atoms with Crippen LogP contribution < -0.4 is 10.0 Å². The van der Waals surface area contributed by atoms with E-state index in [2.05, 4.69) is 10.0 Å². The van der Waals surface area contributed by atoms with Gasteiger partial charge in [-0.2, -0.15) is 0 Å². The zero-order chi connectivity index (χ0) is 20.4. The van der Waals surface area contributed by atoms with E-state index in [1.54, 1.807) is 42.5 Å². The minimum absolute atomic E-state index is 0.162. The number of nitrogens with one attached hydrogen (secondary N) is 2. The summed E-state index contributed by atoms with van der Waals surface area (Å²) in [5, 5.41) is 3.81. The topological polar surface area (TPSA) is 75.3 Å². The van der Waals surface area contributed by atoms with E-state index in [0.717, 1.165) is 36.1 Å². The second kappa shape index (κ2) is 8.18. The Balaban J connectivity index is 1.70. The van der Waals surface area contributed by atoms with Gasteiger partial charge in [-0.15, -0.1) is 11.3 Å². The fourth-order valence-electron chi connectivity index (χ4n) is 3.39. The molecule has 0 atom stereocenters. The summed E-state index contributed by atoms with van der Waals surface area (Å²) in [6.07, 6.45) is 3.64. The van der Waals surface area contributed by atoms with E-state index in [-0.39, 0.29) is 10.8 Å². The highest BCUT2D eigenvalue weighted by atomic mass is 35.5. The van der Waals surface area contributed by atoms with Gasteiger partial charge in [-0.1, -0.05) is 29.8 Å². The largest absolute Gasteiger partial charge is 0.322 e. The van der Waals surface area contributed by atoms with Gasteiger partial charge < -0.3 is 5.32 Å². The minimum Gasteiger partial charge on any atom is -0.322 e. The summed E-state index contributed by atoms with van der Waals surface area (Å²) >= 11 is 7.26. The molecular weight excluding hydrogens is 428 g/mol. The van der Waals surface area contributed by atoms with Crippen LogP contribution in [0.2, 0.25) is 5.02 Å². The number of halogens is 1. The number of benzene rings is 2. The molecule has 1 aromatic heterocycles. The van der Waals surface area contributed by atoms with Gasteiger partial charge in [-0.05, 0) is 67.6 Å². The van der Waals surface area contributed by atoms with Crippen molar-refractivity contribution in [3.05, 3.63) is 75.6 Å². The lowest BCUT2D eigenvalue weighted by Crippen LogP contribution is -2.19. The van der Waals surface area contributed by atoms with Crippen molar-refractivity contribution in [3.8, 4) is 0 Å². The highest BCUT2D eigenvalue weighted by Gasteiger charge is 2.28. The minimum atomic E-state index is -3.78. The molecule has 3 aromatic rings. The van der Waals surface area contributed by atoms with Crippen molar-refractivity contribution in [2.45, 2.75) is 30.6 Å². The maximum Gasteiger partial charge on any atom is 0.262 e. The van der Waals surface area contributed by atoms with Crippen LogP contribution in [-0.4, -0.2) is 14.3 Å². The molecule has 1 amide bonds. The van der Waals surface area contributed by atoms with Gasteiger partial charge in [0.2, 0.25) is 0 Å². The van der Waals surface area contributed by atoms with Gasteiger partial charge >= 0.3 is 0 Å². The highest BCUT2D eigenvalue weighted by molar-refractivity contribution is 7.93. The molecule has 29 heavy (non-hydrogen) atoms. The van der Waals surface area contributed by atoms with Crippen molar-refractivity contribution in [1.82, 2.24) is 0 Å². The van der Waals surface area contributed by atoms with Gasteiger partial charge in [0, 0.05) is 15.6 Å². The monoisotopic (exact) mass is 446 g/mol. The van der Waals surface area contributed by atoms with E-state index in [4.69, 9.17) is 11.6 Å². The summed E-state index contributed by atoms with van der Waals surface area (Å²) in [5.74, 6) is -0.322. The highest BCUT2D eigenvalue weighted by Crippen LogP contribution is 2.39. The van der Waals surface area contributed by atoms with Crippen molar-refractivity contribution in [2.24, 2.45) is 0 Å². The summed E-state index contributed by atoms with van der Waals surface area (Å²) in [5.41, 5.74) is 1.96. The molecular formula is C21H19ClN2O3S2. The van der Waals surface area contributed by atoms with Crippen LogP contribution in [0.5, 0.6) is 0 Å². The Hall–Kier alpha value is -2.35. The first-order valence-corrected chi connectivity index (χ1v) is 11.9. The first-order chi connectivity index (χ1) is 13.9. The number of amides is 1. The Morgan fingerprint density at radius 3 is 2.38 bits per heavy atom. The zero-order valence-corrected chi connectivity index (χ0v) is 17.8. The van der Waals surface area contributed by atoms with E-state index in [1.165, 1.54) is 23.5 Å². The molecule has 2 aromatic carbocycles. The first kappa shape index (κ1) is 19.9. The smallest absolute Gasteiger partial charge is 0.262 e. The number of aryl methyl sites for hydroxylation is 1. The van der Waals surface area contributed by atoms with Crippen LogP contribution in [0.3, 0.4) is 0 Å². The van der Waals surface area contributed by atoms with Crippen LogP contribution >= 0.6 is 22.9 Å². The number of carbonyl (C=O) groups is 1.